The molecule has 5 heteroatoms. The zero-order valence-corrected chi connectivity index (χ0v) is 13.1. The Bertz CT molecular complexity index is 841. The smallest absolute Gasteiger partial charge is 0.251 e. The maximum Gasteiger partial charge on any atom is 0.251 e. The quantitative estimate of drug-likeness (QED) is 0.767. The number of fused-ring (bicyclic) bond motifs is 1. The Morgan fingerprint density at radius 3 is 2.86 bits per heavy atom. The molecule has 0 saturated carbocycles. The predicted octanol–water partition coefficient (Wildman–Crippen LogP) is 4.02. The summed E-state index contributed by atoms with van der Waals surface area (Å²) in [5.41, 5.74) is 3.56. The van der Waals surface area contributed by atoms with Crippen molar-refractivity contribution in [1.29, 1.82) is 0 Å². The first-order chi connectivity index (χ1) is 10.5. The van der Waals surface area contributed by atoms with E-state index in [0.29, 0.717) is 10.6 Å². The number of imidazole rings is 1. The Kier molecular flexibility index (Phi) is 3.86. The standard InChI is InChI=1S/C17H16ClN3O/c1-10-6-7-14-15(8-10)21-16(20-14)11(2)19-17(22)12-4-3-5-13(18)9-12/h3-9,11H,1-2H3,(H,19,22)(H,20,21). The maximum atomic E-state index is 12.2. The van der Waals surface area contributed by atoms with Crippen molar-refractivity contribution >= 4 is 28.5 Å². The average molecular weight is 314 g/mol. The molecule has 3 rings (SSSR count). The van der Waals surface area contributed by atoms with Crippen LogP contribution in [0.1, 0.15) is 34.7 Å². The lowest BCUT2D eigenvalue weighted by Crippen LogP contribution is -2.27. The highest BCUT2D eigenvalue weighted by atomic mass is 35.5. The number of halogens is 1. The summed E-state index contributed by atoms with van der Waals surface area (Å²) in [6, 6.07) is 12.7. The van der Waals surface area contributed by atoms with Crippen LogP contribution in [-0.2, 0) is 0 Å². The molecule has 0 aliphatic rings. The molecule has 0 aliphatic carbocycles. The summed E-state index contributed by atoms with van der Waals surface area (Å²) < 4.78 is 0. The van der Waals surface area contributed by atoms with Gasteiger partial charge in [0, 0.05) is 10.6 Å². The van der Waals surface area contributed by atoms with Crippen LogP contribution in [0, 0.1) is 6.92 Å². The molecule has 1 amide bonds. The van der Waals surface area contributed by atoms with Crippen LogP contribution in [0.15, 0.2) is 42.5 Å². The maximum absolute atomic E-state index is 12.2. The third-order valence-corrected chi connectivity index (χ3v) is 3.74. The largest absolute Gasteiger partial charge is 0.342 e. The van der Waals surface area contributed by atoms with Crippen molar-refractivity contribution in [1.82, 2.24) is 15.3 Å². The highest BCUT2D eigenvalue weighted by Gasteiger charge is 2.15. The number of carbonyl (C=O) groups is 1. The lowest BCUT2D eigenvalue weighted by Gasteiger charge is -2.11. The van der Waals surface area contributed by atoms with Crippen LogP contribution in [0.25, 0.3) is 11.0 Å². The van der Waals surface area contributed by atoms with E-state index in [2.05, 4.69) is 15.3 Å². The molecule has 22 heavy (non-hydrogen) atoms. The summed E-state index contributed by atoms with van der Waals surface area (Å²) in [6.45, 7) is 3.93. The lowest BCUT2D eigenvalue weighted by atomic mass is 10.2. The van der Waals surface area contributed by atoms with E-state index < -0.39 is 0 Å². The molecule has 1 atom stereocenters. The number of rotatable bonds is 3. The molecule has 0 bridgehead atoms. The molecule has 1 aromatic heterocycles. The van der Waals surface area contributed by atoms with Crippen molar-refractivity contribution in [3.8, 4) is 0 Å². The minimum atomic E-state index is -0.223. The number of hydrogen-bond donors (Lipinski definition) is 2. The highest BCUT2D eigenvalue weighted by molar-refractivity contribution is 6.30. The predicted molar refractivity (Wildman–Crippen MR) is 88.2 cm³/mol. The molecule has 112 valence electrons. The Morgan fingerprint density at radius 2 is 2.09 bits per heavy atom. The van der Waals surface area contributed by atoms with Crippen LogP contribution >= 0.6 is 11.6 Å². The summed E-state index contributed by atoms with van der Waals surface area (Å²) in [5, 5.41) is 3.47. The average Bonchev–Trinajstić information content (AvgIpc) is 2.90. The number of benzene rings is 2. The van der Waals surface area contributed by atoms with Crippen LogP contribution in [0.3, 0.4) is 0 Å². The van der Waals surface area contributed by atoms with E-state index >= 15 is 0 Å². The van der Waals surface area contributed by atoms with Gasteiger partial charge in [0.15, 0.2) is 0 Å². The fraction of sp³-hybridized carbons (Fsp3) is 0.176. The number of nitrogens with one attached hydrogen (secondary N) is 2. The monoisotopic (exact) mass is 313 g/mol. The van der Waals surface area contributed by atoms with Crippen molar-refractivity contribution in [2.45, 2.75) is 19.9 Å². The number of nitrogens with zero attached hydrogens (tertiary/aromatic N) is 1. The number of hydrogen-bond acceptors (Lipinski definition) is 2. The SMILES string of the molecule is Cc1ccc2nc(C(C)NC(=O)c3cccc(Cl)c3)[nH]c2c1. The topological polar surface area (TPSA) is 57.8 Å². The normalized spacial score (nSPS) is 12.3. The molecule has 0 spiro atoms. The molecular formula is C17H16ClN3O. The first kappa shape index (κ1) is 14.6. The van der Waals surface area contributed by atoms with E-state index in [0.717, 1.165) is 16.9 Å². The molecule has 4 nitrogen and oxygen atoms in total. The van der Waals surface area contributed by atoms with Crippen LogP contribution in [0.4, 0.5) is 0 Å². The second-order valence-electron chi connectivity index (χ2n) is 5.35. The van der Waals surface area contributed by atoms with Crippen molar-refractivity contribution in [2.75, 3.05) is 0 Å². The number of H-pyrrole nitrogens is 1. The number of aromatic amines is 1. The van der Waals surface area contributed by atoms with Gasteiger partial charge in [-0.05, 0) is 49.7 Å². The van der Waals surface area contributed by atoms with E-state index in [-0.39, 0.29) is 11.9 Å². The van der Waals surface area contributed by atoms with E-state index in [9.17, 15) is 4.79 Å². The van der Waals surface area contributed by atoms with E-state index in [1.807, 2.05) is 32.0 Å². The van der Waals surface area contributed by atoms with Gasteiger partial charge in [0.1, 0.15) is 5.82 Å². The molecule has 0 saturated heterocycles. The molecule has 3 aromatic rings. The Morgan fingerprint density at radius 1 is 1.27 bits per heavy atom. The third kappa shape index (κ3) is 2.97. The zero-order chi connectivity index (χ0) is 15.7. The van der Waals surface area contributed by atoms with E-state index in [1.165, 1.54) is 5.56 Å². The van der Waals surface area contributed by atoms with Gasteiger partial charge in [-0.25, -0.2) is 4.98 Å². The van der Waals surface area contributed by atoms with Gasteiger partial charge < -0.3 is 10.3 Å². The van der Waals surface area contributed by atoms with Gasteiger partial charge in [0.2, 0.25) is 0 Å². The van der Waals surface area contributed by atoms with Gasteiger partial charge in [0.05, 0.1) is 17.1 Å². The first-order valence-electron chi connectivity index (χ1n) is 7.05. The van der Waals surface area contributed by atoms with Gasteiger partial charge in [-0.1, -0.05) is 23.7 Å². The van der Waals surface area contributed by atoms with E-state index in [4.69, 9.17) is 11.6 Å². The summed E-state index contributed by atoms with van der Waals surface area (Å²) >= 11 is 5.91. The first-order valence-corrected chi connectivity index (χ1v) is 7.43. The summed E-state index contributed by atoms with van der Waals surface area (Å²) in [6.07, 6.45) is 0. The second kappa shape index (κ2) is 5.81. The molecule has 2 aromatic carbocycles. The summed E-state index contributed by atoms with van der Waals surface area (Å²) in [5.74, 6) is 0.558. The Hall–Kier alpha value is -2.33. The molecule has 0 aliphatic heterocycles. The van der Waals surface area contributed by atoms with Gasteiger partial charge >= 0.3 is 0 Å². The van der Waals surface area contributed by atoms with Crippen LogP contribution in [-0.4, -0.2) is 15.9 Å². The molecule has 0 radical (unpaired) electrons. The van der Waals surface area contributed by atoms with Crippen molar-refractivity contribution in [2.24, 2.45) is 0 Å². The molecule has 2 N–H and O–H groups in total. The Labute approximate surface area is 133 Å². The van der Waals surface area contributed by atoms with Crippen LogP contribution in [0.2, 0.25) is 5.02 Å². The summed E-state index contributed by atoms with van der Waals surface area (Å²) in [4.78, 5) is 20.0. The van der Waals surface area contributed by atoms with Crippen molar-refractivity contribution < 1.29 is 4.79 Å². The molecule has 1 heterocycles. The van der Waals surface area contributed by atoms with Crippen LogP contribution in [0.5, 0.6) is 0 Å². The third-order valence-electron chi connectivity index (χ3n) is 3.50. The molecule has 1 unspecified atom stereocenters. The number of amides is 1. The number of aryl methyl sites for hydroxylation is 1. The number of carbonyl (C=O) groups excluding carboxylic acids is 1. The highest BCUT2D eigenvalue weighted by Crippen LogP contribution is 2.18. The minimum Gasteiger partial charge on any atom is -0.342 e. The van der Waals surface area contributed by atoms with E-state index in [1.54, 1.807) is 24.3 Å². The van der Waals surface area contributed by atoms with Gasteiger partial charge in [-0.2, -0.15) is 0 Å². The molecule has 0 fully saturated rings. The number of aromatic nitrogens is 2. The van der Waals surface area contributed by atoms with Gasteiger partial charge in [-0.15, -0.1) is 0 Å². The van der Waals surface area contributed by atoms with Gasteiger partial charge in [-0.3, -0.25) is 4.79 Å². The fourth-order valence-corrected chi connectivity index (χ4v) is 2.52. The van der Waals surface area contributed by atoms with Gasteiger partial charge in [0.25, 0.3) is 5.91 Å². The molecular weight excluding hydrogens is 298 g/mol. The van der Waals surface area contributed by atoms with Crippen molar-refractivity contribution in [3.63, 3.8) is 0 Å². The fourth-order valence-electron chi connectivity index (χ4n) is 2.33. The Balaban J connectivity index is 1.80. The zero-order valence-electron chi connectivity index (χ0n) is 12.4. The minimum absolute atomic E-state index is 0.174. The van der Waals surface area contributed by atoms with Crippen LogP contribution < -0.4 is 5.32 Å². The lowest BCUT2D eigenvalue weighted by molar-refractivity contribution is 0.0938. The second-order valence-corrected chi connectivity index (χ2v) is 5.78. The van der Waals surface area contributed by atoms with Crippen molar-refractivity contribution in [3.05, 3.63) is 64.4 Å². The summed E-state index contributed by atoms with van der Waals surface area (Å²) in [7, 11) is 0.